The Hall–Kier alpha value is -0.900. The number of nitrogens with one attached hydrogen (secondary N) is 2. The lowest BCUT2D eigenvalue weighted by Crippen LogP contribution is -2.42. The van der Waals surface area contributed by atoms with Crippen LogP contribution in [0.4, 0.5) is 0 Å². The summed E-state index contributed by atoms with van der Waals surface area (Å²) in [4.78, 5) is 2.50. The highest BCUT2D eigenvalue weighted by molar-refractivity contribution is 5.22. The van der Waals surface area contributed by atoms with Crippen molar-refractivity contribution in [1.82, 2.24) is 15.5 Å². The zero-order valence-corrected chi connectivity index (χ0v) is 10.00. The van der Waals surface area contributed by atoms with E-state index in [9.17, 15) is 0 Å². The van der Waals surface area contributed by atoms with Crippen LogP contribution >= 0.6 is 0 Å². The van der Waals surface area contributed by atoms with Crippen molar-refractivity contribution >= 4 is 0 Å². The van der Waals surface area contributed by atoms with Gasteiger partial charge in [0.15, 0.2) is 0 Å². The molecule has 1 aromatic carbocycles. The lowest BCUT2D eigenvalue weighted by molar-refractivity contribution is 0.233. The minimum Gasteiger partial charge on any atom is -0.316 e. The van der Waals surface area contributed by atoms with Gasteiger partial charge in [-0.25, -0.2) is 0 Å². The van der Waals surface area contributed by atoms with Gasteiger partial charge in [0.25, 0.3) is 0 Å². The molecule has 0 bridgehead atoms. The molecule has 3 nitrogen and oxygen atoms in total. The Morgan fingerprint density at radius 2 is 1.75 bits per heavy atom. The quantitative estimate of drug-likeness (QED) is 0.785. The molecule has 1 heterocycles. The average Bonchev–Trinajstić information content (AvgIpc) is 2.33. The molecule has 0 unspecified atom stereocenters. The molecule has 88 valence electrons. The van der Waals surface area contributed by atoms with Gasteiger partial charge in [0.05, 0.1) is 0 Å². The molecule has 0 saturated carbocycles. The van der Waals surface area contributed by atoms with Crippen LogP contribution in [0.1, 0.15) is 11.1 Å². The first-order valence-corrected chi connectivity index (χ1v) is 6.04. The van der Waals surface area contributed by atoms with Crippen LogP contribution in [-0.4, -0.2) is 38.1 Å². The fourth-order valence-electron chi connectivity index (χ4n) is 2.09. The molecule has 1 aliphatic rings. The van der Waals surface area contributed by atoms with Gasteiger partial charge >= 0.3 is 0 Å². The molecular weight excluding hydrogens is 198 g/mol. The van der Waals surface area contributed by atoms with Crippen molar-refractivity contribution in [3.8, 4) is 0 Å². The van der Waals surface area contributed by atoms with Crippen molar-refractivity contribution in [3.05, 3.63) is 35.4 Å². The van der Waals surface area contributed by atoms with Crippen molar-refractivity contribution in [2.45, 2.75) is 13.1 Å². The third-order valence-electron chi connectivity index (χ3n) is 3.02. The van der Waals surface area contributed by atoms with Crippen molar-refractivity contribution in [2.24, 2.45) is 0 Å². The van der Waals surface area contributed by atoms with Gasteiger partial charge < -0.3 is 10.6 Å². The molecule has 0 aromatic heterocycles. The molecule has 2 rings (SSSR count). The third-order valence-corrected chi connectivity index (χ3v) is 3.02. The highest BCUT2D eigenvalue weighted by Gasteiger charge is 2.09. The summed E-state index contributed by atoms with van der Waals surface area (Å²) in [5, 5.41) is 6.54. The van der Waals surface area contributed by atoms with Gasteiger partial charge in [-0.15, -0.1) is 0 Å². The number of rotatable bonds is 4. The van der Waals surface area contributed by atoms with Crippen LogP contribution in [0.25, 0.3) is 0 Å². The normalized spacial score (nSPS) is 17.6. The Kier molecular flexibility index (Phi) is 4.34. The first kappa shape index (κ1) is 11.6. The minimum atomic E-state index is 0.952. The van der Waals surface area contributed by atoms with Gasteiger partial charge in [-0.3, -0.25) is 4.90 Å². The van der Waals surface area contributed by atoms with Crippen LogP contribution < -0.4 is 10.6 Å². The molecular formula is C13H21N3. The fraction of sp³-hybridized carbons (Fsp3) is 0.538. The number of piperazine rings is 1. The maximum absolute atomic E-state index is 3.38. The van der Waals surface area contributed by atoms with Gasteiger partial charge in [-0.1, -0.05) is 24.3 Å². The summed E-state index contributed by atoms with van der Waals surface area (Å²) in [6, 6.07) is 8.92. The van der Waals surface area contributed by atoms with Gasteiger partial charge in [-0.2, -0.15) is 0 Å². The molecule has 2 N–H and O–H groups in total. The largest absolute Gasteiger partial charge is 0.316 e. The standard InChI is InChI=1S/C13H21N3/c1-14-10-12-2-4-13(5-3-12)11-16-8-6-15-7-9-16/h2-5,14-15H,6-11H2,1H3. The summed E-state index contributed by atoms with van der Waals surface area (Å²) in [6.07, 6.45) is 0. The molecule has 1 aromatic rings. The van der Waals surface area contributed by atoms with Crippen LogP contribution in [0.2, 0.25) is 0 Å². The van der Waals surface area contributed by atoms with E-state index >= 15 is 0 Å². The summed E-state index contributed by atoms with van der Waals surface area (Å²) in [5.41, 5.74) is 2.77. The minimum absolute atomic E-state index is 0.952. The van der Waals surface area contributed by atoms with Crippen molar-refractivity contribution < 1.29 is 0 Å². The van der Waals surface area contributed by atoms with Crippen LogP contribution in [0.5, 0.6) is 0 Å². The first-order valence-electron chi connectivity index (χ1n) is 6.04. The molecule has 0 atom stereocenters. The summed E-state index contributed by atoms with van der Waals surface area (Å²) >= 11 is 0. The van der Waals surface area contributed by atoms with Crippen molar-refractivity contribution in [1.29, 1.82) is 0 Å². The molecule has 1 saturated heterocycles. The van der Waals surface area contributed by atoms with E-state index in [0.717, 1.165) is 39.3 Å². The third kappa shape index (κ3) is 3.30. The second-order valence-electron chi connectivity index (χ2n) is 4.37. The number of benzene rings is 1. The number of hydrogen-bond acceptors (Lipinski definition) is 3. The molecule has 0 radical (unpaired) electrons. The molecule has 0 aliphatic carbocycles. The van der Waals surface area contributed by atoms with Crippen LogP contribution in [0.15, 0.2) is 24.3 Å². The van der Waals surface area contributed by atoms with E-state index < -0.39 is 0 Å². The molecule has 16 heavy (non-hydrogen) atoms. The summed E-state index contributed by atoms with van der Waals surface area (Å²) < 4.78 is 0. The van der Waals surface area contributed by atoms with Crippen LogP contribution in [-0.2, 0) is 13.1 Å². The van der Waals surface area contributed by atoms with E-state index in [1.807, 2.05) is 7.05 Å². The molecule has 0 amide bonds. The number of hydrogen-bond donors (Lipinski definition) is 2. The average molecular weight is 219 g/mol. The predicted octanol–water partition coefficient (Wildman–Crippen LogP) is 0.811. The highest BCUT2D eigenvalue weighted by atomic mass is 15.2. The smallest absolute Gasteiger partial charge is 0.0234 e. The van der Waals surface area contributed by atoms with E-state index in [2.05, 4.69) is 39.8 Å². The lowest BCUT2D eigenvalue weighted by Gasteiger charge is -2.27. The Labute approximate surface area is 97.8 Å². The number of nitrogens with zero attached hydrogens (tertiary/aromatic N) is 1. The summed E-state index contributed by atoms with van der Waals surface area (Å²) in [6.45, 7) is 6.61. The topological polar surface area (TPSA) is 27.3 Å². The SMILES string of the molecule is CNCc1ccc(CN2CCNCC2)cc1. The van der Waals surface area contributed by atoms with Crippen LogP contribution in [0.3, 0.4) is 0 Å². The zero-order valence-electron chi connectivity index (χ0n) is 10.00. The molecule has 3 heteroatoms. The molecule has 1 aliphatic heterocycles. The van der Waals surface area contributed by atoms with Crippen molar-refractivity contribution in [2.75, 3.05) is 33.2 Å². The van der Waals surface area contributed by atoms with Crippen LogP contribution in [0, 0.1) is 0 Å². The Morgan fingerprint density at radius 3 is 2.38 bits per heavy atom. The monoisotopic (exact) mass is 219 g/mol. The Morgan fingerprint density at radius 1 is 1.12 bits per heavy atom. The first-order chi connectivity index (χ1) is 7.88. The van der Waals surface area contributed by atoms with Gasteiger partial charge in [0.2, 0.25) is 0 Å². The maximum Gasteiger partial charge on any atom is 0.0234 e. The van der Waals surface area contributed by atoms with E-state index in [-0.39, 0.29) is 0 Å². The fourth-order valence-corrected chi connectivity index (χ4v) is 2.09. The summed E-state index contributed by atoms with van der Waals surface area (Å²) in [5.74, 6) is 0. The van der Waals surface area contributed by atoms with E-state index in [1.165, 1.54) is 11.1 Å². The van der Waals surface area contributed by atoms with Crippen molar-refractivity contribution in [3.63, 3.8) is 0 Å². The Bertz CT molecular complexity index is 301. The predicted molar refractivity (Wildman–Crippen MR) is 67.4 cm³/mol. The van der Waals surface area contributed by atoms with Gasteiger partial charge in [0.1, 0.15) is 0 Å². The molecule has 0 spiro atoms. The van der Waals surface area contributed by atoms with E-state index in [4.69, 9.17) is 0 Å². The molecule has 1 fully saturated rings. The van der Waals surface area contributed by atoms with Gasteiger partial charge in [0, 0.05) is 39.3 Å². The zero-order chi connectivity index (χ0) is 11.2. The Balaban J connectivity index is 1.88. The maximum atomic E-state index is 3.38. The van der Waals surface area contributed by atoms with E-state index in [1.54, 1.807) is 0 Å². The second kappa shape index (κ2) is 5.99. The summed E-state index contributed by atoms with van der Waals surface area (Å²) in [7, 11) is 1.98. The lowest BCUT2D eigenvalue weighted by atomic mass is 10.1. The van der Waals surface area contributed by atoms with Gasteiger partial charge in [-0.05, 0) is 18.2 Å². The highest BCUT2D eigenvalue weighted by Crippen LogP contribution is 2.08. The van der Waals surface area contributed by atoms with E-state index in [0.29, 0.717) is 0 Å². The second-order valence-corrected chi connectivity index (χ2v) is 4.37.